The van der Waals surface area contributed by atoms with Crippen LogP contribution in [0.15, 0.2) is 12.7 Å². The number of ether oxygens (including phenoxy) is 1. The van der Waals surface area contributed by atoms with Gasteiger partial charge in [0.25, 0.3) is 0 Å². The van der Waals surface area contributed by atoms with Crippen LogP contribution in [0.2, 0.25) is 0 Å². The smallest absolute Gasteiger partial charge is 0.334 e. The summed E-state index contributed by atoms with van der Waals surface area (Å²) < 4.78 is 5.17. The lowest BCUT2D eigenvalue weighted by Crippen LogP contribution is -2.46. The van der Waals surface area contributed by atoms with Gasteiger partial charge >= 0.3 is 5.97 Å². The largest absolute Gasteiger partial charge is 0.479 e. The van der Waals surface area contributed by atoms with Crippen molar-refractivity contribution in [3.8, 4) is 0 Å². The Morgan fingerprint density at radius 3 is 3.22 bits per heavy atom. The number of rotatable bonds is 2. The summed E-state index contributed by atoms with van der Waals surface area (Å²) in [7, 11) is 0. The molecule has 8 nitrogen and oxygen atoms in total. The molecule has 0 radical (unpaired) electrons. The fourth-order valence-corrected chi connectivity index (χ4v) is 1.98. The van der Waals surface area contributed by atoms with E-state index < -0.39 is 12.1 Å². The molecule has 2 aromatic heterocycles. The molecule has 0 bridgehead atoms. The Kier molecular flexibility index (Phi) is 2.56. The van der Waals surface area contributed by atoms with Crippen LogP contribution in [0.4, 0.5) is 5.82 Å². The minimum atomic E-state index is -0.963. The van der Waals surface area contributed by atoms with Crippen LogP contribution < -0.4 is 4.90 Å². The predicted molar refractivity (Wildman–Crippen MR) is 61.3 cm³/mol. The molecule has 18 heavy (non-hydrogen) atoms. The molecule has 0 saturated carbocycles. The molecular weight excluding hydrogens is 238 g/mol. The minimum Gasteiger partial charge on any atom is -0.479 e. The standard InChI is InChI=1S/C10H11N5O3/c16-10(17)6-3-15(1-2-18-6)9-7-8(12-4-11-7)13-5-14-9/h4-6H,1-3H2,(H,16,17)(H,11,12,13,14). The van der Waals surface area contributed by atoms with Crippen LogP contribution in [0, 0.1) is 0 Å². The Labute approximate surface area is 102 Å². The molecule has 0 amide bonds. The number of H-pyrrole nitrogens is 1. The number of nitrogens with one attached hydrogen (secondary N) is 1. The van der Waals surface area contributed by atoms with Gasteiger partial charge in [0, 0.05) is 6.54 Å². The minimum absolute atomic E-state index is 0.264. The van der Waals surface area contributed by atoms with Gasteiger partial charge in [-0.2, -0.15) is 0 Å². The van der Waals surface area contributed by atoms with Crippen molar-refractivity contribution in [2.24, 2.45) is 0 Å². The van der Waals surface area contributed by atoms with E-state index in [9.17, 15) is 4.79 Å². The second-order valence-electron chi connectivity index (χ2n) is 3.94. The Bertz CT molecular complexity index is 584. The molecule has 94 valence electrons. The van der Waals surface area contributed by atoms with Crippen molar-refractivity contribution in [3.63, 3.8) is 0 Å². The number of aromatic nitrogens is 4. The number of hydrogen-bond donors (Lipinski definition) is 2. The molecule has 8 heteroatoms. The van der Waals surface area contributed by atoms with Crippen molar-refractivity contribution in [3.05, 3.63) is 12.7 Å². The maximum atomic E-state index is 10.9. The van der Waals surface area contributed by atoms with Crippen molar-refractivity contribution in [1.82, 2.24) is 19.9 Å². The summed E-state index contributed by atoms with van der Waals surface area (Å²) in [4.78, 5) is 28.0. The van der Waals surface area contributed by atoms with Crippen LogP contribution in [-0.4, -0.2) is 56.8 Å². The second kappa shape index (κ2) is 4.22. The third-order valence-corrected chi connectivity index (χ3v) is 2.84. The topological polar surface area (TPSA) is 104 Å². The molecule has 1 aliphatic heterocycles. The van der Waals surface area contributed by atoms with Crippen molar-refractivity contribution in [2.75, 3.05) is 24.6 Å². The van der Waals surface area contributed by atoms with E-state index in [-0.39, 0.29) is 6.54 Å². The number of carboxylic acid groups (broad SMARTS) is 1. The molecule has 2 aromatic rings. The van der Waals surface area contributed by atoms with Gasteiger partial charge in [0.1, 0.15) is 11.8 Å². The first kappa shape index (κ1) is 10.9. The summed E-state index contributed by atoms with van der Waals surface area (Å²) in [5.74, 6) is -0.304. The zero-order valence-corrected chi connectivity index (χ0v) is 9.41. The van der Waals surface area contributed by atoms with E-state index in [0.717, 1.165) is 0 Å². The summed E-state index contributed by atoms with van der Waals surface area (Å²) in [6.07, 6.45) is 2.13. The van der Waals surface area contributed by atoms with Gasteiger partial charge in [0.05, 0.1) is 19.5 Å². The number of aromatic amines is 1. The summed E-state index contributed by atoms with van der Waals surface area (Å²) in [6.45, 7) is 1.21. The van der Waals surface area contributed by atoms with Gasteiger partial charge in [0.15, 0.2) is 17.6 Å². The second-order valence-corrected chi connectivity index (χ2v) is 3.94. The molecule has 0 spiro atoms. The lowest BCUT2D eigenvalue weighted by atomic mass is 10.2. The van der Waals surface area contributed by atoms with E-state index in [0.29, 0.717) is 30.1 Å². The SMILES string of the molecule is O=C(O)C1CN(c2ncnc3nc[nH]c23)CCO1. The highest BCUT2D eigenvalue weighted by Crippen LogP contribution is 2.21. The van der Waals surface area contributed by atoms with Gasteiger partial charge in [-0.25, -0.2) is 19.7 Å². The first-order chi connectivity index (χ1) is 8.75. The Balaban J connectivity index is 1.94. The van der Waals surface area contributed by atoms with E-state index in [1.54, 1.807) is 0 Å². The lowest BCUT2D eigenvalue weighted by Gasteiger charge is -2.31. The number of carbonyl (C=O) groups is 1. The summed E-state index contributed by atoms with van der Waals surface area (Å²) in [5, 5.41) is 8.97. The number of fused-ring (bicyclic) bond motifs is 1. The number of imidazole rings is 1. The van der Waals surface area contributed by atoms with Crippen LogP contribution in [0.25, 0.3) is 11.2 Å². The molecule has 0 aromatic carbocycles. The molecule has 3 heterocycles. The van der Waals surface area contributed by atoms with Crippen molar-refractivity contribution < 1.29 is 14.6 Å². The van der Waals surface area contributed by atoms with Crippen LogP contribution in [-0.2, 0) is 9.53 Å². The quantitative estimate of drug-likeness (QED) is 0.749. The molecular formula is C10H11N5O3. The Hall–Kier alpha value is -2.22. The van der Waals surface area contributed by atoms with Crippen molar-refractivity contribution >= 4 is 23.0 Å². The molecule has 1 aliphatic rings. The van der Waals surface area contributed by atoms with Gasteiger partial charge in [-0.05, 0) is 0 Å². The number of carboxylic acids is 1. The normalized spacial score (nSPS) is 20.2. The fourth-order valence-electron chi connectivity index (χ4n) is 1.98. The molecule has 0 aliphatic carbocycles. The number of aliphatic carboxylic acids is 1. The molecule has 1 atom stereocenters. The van der Waals surface area contributed by atoms with Crippen LogP contribution in [0.5, 0.6) is 0 Å². The van der Waals surface area contributed by atoms with Crippen LogP contribution in [0.3, 0.4) is 0 Å². The van der Waals surface area contributed by atoms with E-state index >= 15 is 0 Å². The molecule has 1 unspecified atom stereocenters. The number of nitrogens with zero attached hydrogens (tertiary/aromatic N) is 4. The summed E-state index contributed by atoms with van der Waals surface area (Å²) in [6, 6.07) is 0. The predicted octanol–water partition coefficient (Wildman–Crippen LogP) is -0.357. The van der Waals surface area contributed by atoms with Crippen LogP contribution in [0.1, 0.15) is 0 Å². The molecule has 3 rings (SSSR count). The first-order valence-electron chi connectivity index (χ1n) is 5.49. The van der Waals surface area contributed by atoms with E-state index in [1.165, 1.54) is 12.7 Å². The maximum Gasteiger partial charge on any atom is 0.334 e. The van der Waals surface area contributed by atoms with E-state index in [4.69, 9.17) is 9.84 Å². The lowest BCUT2D eigenvalue weighted by molar-refractivity contribution is -0.150. The van der Waals surface area contributed by atoms with Gasteiger partial charge in [0.2, 0.25) is 0 Å². The molecule has 2 N–H and O–H groups in total. The third kappa shape index (κ3) is 1.76. The van der Waals surface area contributed by atoms with Crippen molar-refractivity contribution in [2.45, 2.75) is 6.10 Å². The van der Waals surface area contributed by atoms with E-state index in [2.05, 4.69) is 19.9 Å². The van der Waals surface area contributed by atoms with Gasteiger partial charge < -0.3 is 19.7 Å². The number of morpholine rings is 1. The van der Waals surface area contributed by atoms with E-state index in [1.807, 2.05) is 4.90 Å². The Morgan fingerprint density at radius 2 is 2.39 bits per heavy atom. The van der Waals surface area contributed by atoms with Gasteiger partial charge in [-0.1, -0.05) is 0 Å². The average molecular weight is 249 g/mol. The highest BCUT2D eigenvalue weighted by molar-refractivity contribution is 5.83. The molecule has 1 fully saturated rings. The zero-order valence-electron chi connectivity index (χ0n) is 9.41. The zero-order chi connectivity index (χ0) is 12.5. The highest BCUT2D eigenvalue weighted by atomic mass is 16.5. The Morgan fingerprint density at radius 1 is 1.50 bits per heavy atom. The average Bonchev–Trinajstić information content (AvgIpc) is 2.87. The molecule has 1 saturated heterocycles. The van der Waals surface area contributed by atoms with Crippen molar-refractivity contribution in [1.29, 1.82) is 0 Å². The number of hydrogen-bond acceptors (Lipinski definition) is 6. The van der Waals surface area contributed by atoms with Gasteiger partial charge in [-0.3, -0.25) is 0 Å². The van der Waals surface area contributed by atoms with Gasteiger partial charge in [-0.15, -0.1) is 0 Å². The van der Waals surface area contributed by atoms with Crippen LogP contribution >= 0.6 is 0 Å². The summed E-state index contributed by atoms with van der Waals surface area (Å²) >= 11 is 0. The number of anilines is 1. The maximum absolute atomic E-state index is 10.9. The fraction of sp³-hybridized carbons (Fsp3) is 0.400. The highest BCUT2D eigenvalue weighted by Gasteiger charge is 2.28. The first-order valence-corrected chi connectivity index (χ1v) is 5.49. The third-order valence-electron chi connectivity index (χ3n) is 2.84. The summed E-state index contributed by atoms with van der Waals surface area (Å²) in [5.41, 5.74) is 1.28. The monoisotopic (exact) mass is 249 g/mol.